The van der Waals surface area contributed by atoms with Crippen LogP contribution in [0, 0.1) is 0 Å². The first-order valence-corrected chi connectivity index (χ1v) is 6.89. The molecule has 3 heteroatoms. The van der Waals surface area contributed by atoms with E-state index in [1.54, 1.807) is 0 Å². The minimum atomic E-state index is -0.946. The molecule has 0 spiro atoms. The summed E-state index contributed by atoms with van der Waals surface area (Å²) in [4.78, 5) is 23.5. The van der Waals surface area contributed by atoms with Crippen molar-refractivity contribution in [3.05, 3.63) is 71.8 Å². The van der Waals surface area contributed by atoms with Gasteiger partial charge in [-0.2, -0.15) is 0 Å². The molecule has 0 amide bonds. The lowest BCUT2D eigenvalue weighted by Gasteiger charge is -2.31. The number of hydrogen-bond donors (Lipinski definition) is 0. The van der Waals surface area contributed by atoms with Gasteiger partial charge in [0.25, 0.3) is 0 Å². The van der Waals surface area contributed by atoms with Crippen LogP contribution in [0.3, 0.4) is 0 Å². The van der Waals surface area contributed by atoms with Gasteiger partial charge in [-0.1, -0.05) is 60.7 Å². The Morgan fingerprint density at radius 3 is 1.86 bits per heavy atom. The summed E-state index contributed by atoms with van der Waals surface area (Å²) in [6.45, 7) is 0. The van der Waals surface area contributed by atoms with E-state index in [-0.39, 0.29) is 5.97 Å². The topological polar surface area (TPSA) is 43.4 Å². The van der Waals surface area contributed by atoms with Gasteiger partial charge in [0.05, 0.1) is 7.11 Å². The van der Waals surface area contributed by atoms with Gasteiger partial charge in [0.15, 0.2) is 0 Å². The molecule has 2 aromatic carbocycles. The summed E-state index contributed by atoms with van der Waals surface area (Å²) in [5.74, 6) is -0.346. The highest BCUT2D eigenvalue weighted by Crippen LogP contribution is 2.37. The molecule has 0 radical (unpaired) electrons. The lowest BCUT2D eigenvalue weighted by atomic mass is 9.71. The van der Waals surface area contributed by atoms with E-state index in [0.29, 0.717) is 12.8 Å². The van der Waals surface area contributed by atoms with Crippen molar-refractivity contribution in [3.8, 4) is 0 Å². The third-order valence-corrected chi connectivity index (χ3v) is 3.70. The molecular weight excluding hydrogens is 264 g/mol. The summed E-state index contributed by atoms with van der Waals surface area (Å²) in [5.41, 5.74) is 0.729. The summed E-state index contributed by atoms with van der Waals surface area (Å²) in [6, 6.07) is 18.9. The maximum absolute atomic E-state index is 12.6. The fourth-order valence-corrected chi connectivity index (χ4v) is 2.69. The first kappa shape index (κ1) is 15.0. The van der Waals surface area contributed by atoms with Crippen LogP contribution >= 0.6 is 0 Å². The number of aldehydes is 1. The Bertz CT molecular complexity index is 551. The van der Waals surface area contributed by atoms with Crippen LogP contribution in [0.4, 0.5) is 0 Å². The molecule has 3 nitrogen and oxygen atoms in total. The molecule has 0 fully saturated rings. The molecule has 2 aromatic rings. The molecule has 2 rings (SSSR count). The van der Waals surface area contributed by atoms with Crippen molar-refractivity contribution < 1.29 is 14.3 Å². The van der Waals surface area contributed by atoms with Gasteiger partial charge in [-0.25, -0.2) is 0 Å². The molecule has 0 aliphatic carbocycles. The van der Waals surface area contributed by atoms with Crippen molar-refractivity contribution in [2.75, 3.05) is 7.11 Å². The predicted molar refractivity (Wildman–Crippen MR) is 81.0 cm³/mol. The third kappa shape index (κ3) is 2.87. The molecule has 0 atom stereocenters. The maximum Gasteiger partial charge on any atom is 0.320 e. The van der Waals surface area contributed by atoms with Gasteiger partial charge in [-0.05, 0) is 17.5 Å². The number of benzene rings is 2. The number of carbonyl (C=O) groups is 2. The van der Waals surface area contributed by atoms with Crippen LogP contribution in [0.5, 0.6) is 0 Å². The fourth-order valence-electron chi connectivity index (χ4n) is 2.69. The SMILES string of the molecule is COC(=O)C(CCC=O)(c1ccccc1)c1ccccc1. The van der Waals surface area contributed by atoms with Gasteiger partial charge in [0.1, 0.15) is 11.7 Å². The van der Waals surface area contributed by atoms with E-state index >= 15 is 0 Å². The summed E-state index contributed by atoms with van der Waals surface area (Å²) < 4.78 is 5.07. The van der Waals surface area contributed by atoms with Crippen molar-refractivity contribution in [2.24, 2.45) is 0 Å². The third-order valence-electron chi connectivity index (χ3n) is 3.70. The Hall–Kier alpha value is -2.42. The van der Waals surface area contributed by atoms with Crippen molar-refractivity contribution in [1.82, 2.24) is 0 Å². The Labute approximate surface area is 124 Å². The molecule has 0 saturated carbocycles. The van der Waals surface area contributed by atoms with Crippen LogP contribution in [-0.2, 0) is 19.7 Å². The number of esters is 1. The highest BCUT2D eigenvalue weighted by atomic mass is 16.5. The van der Waals surface area contributed by atoms with E-state index in [1.165, 1.54) is 7.11 Å². The lowest BCUT2D eigenvalue weighted by molar-refractivity contribution is -0.146. The molecule has 0 heterocycles. The number of hydrogen-bond acceptors (Lipinski definition) is 3. The van der Waals surface area contributed by atoms with Gasteiger partial charge in [0, 0.05) is 6.42 Å². The predicted octanol–water partition coefficient (Wildman–Crippen LogP) is 3.12. The molecule has 0 N–H and O–H groups in total. The van der Waals surface area contributed by atoms with E-state index < -0.39 is 5.41 Å². The summed E-state index contributed by atoms with van der Waals surface area (Å²) in [6.07, 6.45) is 1.51. The number of rotatable bonds is 6. The zero-order valence-electron chi connectivity index (χ0n) is 12.0. The molecule has 0 saturated heterocycles. The average molecular weight is 282 g/mol. The van der Waals surface area contributed by atoms with E-state index in [9.17, 15) is 9.59 Å². The average Bonchev–Trinajstić information content (AvgIpc) is 2.57. The smallest absolute Gasteiger partial charge is 0.320 e. The summed E-state index contributed by atoms with van der Waals surface area (Å²) in [5, 5.41) is 0. The zero-order chi connectivity index (χ0) is 15.1. The second kappa shape index (κ2) is 6.84. The first-order chi connectivity index (χ1) is 10.3. The van der Waals surface area contributed by atoms with Crippen LogP contribution in [0.25, 0.3) is 0 Å². The van der Waals surface area contributed by atoms with Crippen molar-refractivity contribution in [3.63, 3.8) is 0 Å². The first-order valence-electron chi connectivity index (χ1n) is 6.89. The molecule has 108 valence electrons. The zero-order valence-corrected chi connectivity index (χ0v) is 12.0. The van der Waals surface area contributed by atoms with Crippen LogP contribution < -0.4 is 0 Å². The van der Waals surface area contributed by atoms with Crippen molar-refractivity contribution >= 4 is 12.3 Å². The summed E-state index contributed by atoms with van der Waals surface area (Å²) >= 11 is 0. The quantitative estimate of drug-likeness (QED) is 0.604. The maximum atomic E-state index is 12.6. The van der Waals surface area contributed by atoms with Crippen LogP contribution in [0.2, 0.25) is 0 Å². The minimum absolute atomic E-state index is 0.291. The van der Waals surface area contributed by atoms with E-state index in [1.807, 2.05) is 60.7 Å². The molecule has 0 unspecified atom stereocenters. The van der Waals surface area contributed by atoms with E-state index in [4.69, 9.17) is 4.74 Å². The van der Waals surface area contributed by atoms with Gasteiger partial charge >= 0.3 is 5.97 Å². The van der Waals surface area contributed by atoms with E-state index in [2.05, 4.69) is 0 Å². The molecule has 0 aromatic heterocycles. The van der Waals surface area contributed by atoms with Crippen molar-refractivity contribution in [2.45, 2.75) is 18.3 Å². The van der Waals surface area contributed by atoms with E-state index in [0.717, 1.165) is 17.4 Å². The van der Waals surface area contributed by atoms with Crippen molar-refractivity contribution in [1.29, 1.82) is 0 Å². The second-order valence-electron chi connectivity index (χ2n) is 4.83. The highest BCUT2D eigenvalue weighted by molar-refractivity contribution is 5.88. The number of ether oxygens (including phenoxy) is 1. The Kier molecular flexibility index (Phi) is 4.88. The monoisotopic (exact) mass is 282 g/mol. The molecule has 0 bridgehead atoms. The lowest BCUT2D eigenvalue weighted by Crippen LogP contribution is -2.38. The minimum Gasteiger partial charge on any atom is -0.468 e. The highest BCUT2D eigenvalue weighted by Gasteiger charge is 2.42. The van der Waals surface area contributed by atoms with Gasteiger partial charge in [-0.3, -0.25) is 4.79 Å². The number of methoxy groups -OCH3 is 1. The van der Waals surface area contributed by atoms with Crippen LogP contribution in [-0.4, -0.2) is 19.4 Å². The second-order valence-corrected chi connectivity index (χ2v) is 4.83. The van der Waals surface area contributed by atoms with Gasteiger partial charge < -0.3 is 9.53 Å². The molecule has 0 aliphatic heterocycles. The fraction of sp³-hybridized carbons (Fsp3) is 0.222. The standard InChI is InChI=1S/C18H18O3/c1-21-17(20)18(13-8-14-19,15-9-4-2-5-10-15)16-11-6-3-7-12-16/h2-7,9-12,14H,8,13H2,1H3. The molecule has 21 heavy (non-hydrogen) atoms. The van der Waals surface area contributed by atoms with Gasteiger partial charge in [0.2, 0.25) is 0 Å². The Morgan fingerprint density at radius 2 is 1.48 bits per heavy atom. The Balaban J connectivity index is 2.65. The van der Waals surface area contributed by atoms with Gasteiger partial charge in [-0.15, -0.1) is 0 Å². The van der Waals surface area contributed by atoms with Crippen LogP contribution in [0.15, 0.2) is 60.7 Å². The normalized spacial score (nSPS) is 10.9. The molecule has 0 aliphatic rings. The molecular formula is C18H18O3. The largest absolute Gasteiger partial charge is 0.468 e. The van der Waals surface area contributed by atoms with Crippen LogP contribution in [0.1, 0.15) is 24.0 Å². The summed E-state index contributed by atoms with van der Waals surface area (Å²) in [7, 11) is 1.38. The Morgan fingerprint density at radius 1 is 1.00 bits per heavy atom. The number of carbonyl (C=O) groups excluding carboxylic acids is 2.